The van der Waals surface area contributed by atoms with Crippen LogP contribution in [0.15, 0.2) is 12.5 Å². The molecule has 96 valence electrons. The third-order valence-corrected chi connectivity index (χ3v) is 3.69. The van der Waals surface area contributed by atoms with Crippen molar-refractivity contribution in [3.05, 3.63) is 18.2 Å². The summed E-state index contributed by atoms with van der Waals surface area (Å²) in [4.78, 5) is 4.32. The van der Waals surface area contributed by atoms with E-state index in [1.165, 1.54) is 12.1 Å². The maximum Gasteiger partial charge on any atom is 0.0951 e. The molecule has 4 nitrogen and oxygen atoms in total. The highest BCUT2D eigenvalue weighted by atomic mass is 16.5. The van der Waals surface area contributed by atoms with Gasteiger partial charge in [-0.05, 0) is 26.8 Å². The largest absolute Gasteiger partial charge is 0.380 e. The fourth-order valence-corrected chi connectivity index (χ4v) is 2.53. The van der Waals surface area contributed by atoms with Gasteiger partial charge in [-0.1, -0.05) is 6.92 Å². The Morgan fingerprint density at radius 3 is 3.12 bits per heavy atom. The minimum Gasteiger partial charge on any atom is -0.380 e. The Labute approximate surface area is 103 Å². The Balaban J connectivity index is 2.16. The molecular weight excluding hydrogens is 214 g/mol. The molecular formula is C13H23N3O. The average Bonchev–Trinajstić information content (AvgIpc) is 2.94. The Morgan fingerprint density at radius 2 is 2.47 bits per heavy atom. The number of ether oxygens (including phenoxy) is 1. The predicted molar refractivity (Wildman–Crippen MR) is 68.3 cm³/mol. The van der Waals surface area contributed by atoms with Crippen LogP contribution in [0, 0.1) is 0 Å². The van der Waals surface area contributed by atoms with Crippen LogP contribution in [0.3, 0.4) is 0 Å². The smallest absolute Gasteiger partial charge is 0.0951 e. The van der Waals surface area contributed by atoms with E-state index in [1.54, 1.807) is 0 Å². The molecule has 0 aliphatic carbocycles. The molecule has 1 aromatic heterocycles. The third kappa shape index (κ3) is 2.53. The fraction of sp³-hybridized carbons (Fsp3) is 0.769. The van der Waals surface area contributed by atoms with Crippen molar-refractivity contribution in [2.45, 2.75) is 38.6 Å². The van der Waals surface area contributed by atoms with Gasteiger partial charge in [0.15, 0.2) is 0 Å². The molecule has 2 unspecified atom stereocenters. The van der Waals surface area contributed by atoms with Crippen molar-refractivity contribution >= 4 is 0 Å². The predicted octanol–water partition coefficient (Wildman–Crippen LogP) is 1.73. The van der Waals surface area contributed by atoms with Crippen LogP contribution >= 0.6 is 0 Å². The first-order valence-corrected chi connectivity index (χ1v) is 6.48. The van der Waals surface area contributed by atoms with Crippen molar-refractivity contribution in [3.63, 3.8) is 0 Å². The van der Waals surface area contributed by atoms with E-state index >= 15 is 0 Å². The lowest BCUT2D eigenvalue weighted by Gasteiger charge is -2.27. The summed E-state index contributed by atoms with van der Waals surface area (Å²) in [5.74, 6) is 0. The Hall–Kier alpha value is -0.870. The second-order valence-corrected chi connectivity index (χ2v) is 5.18. The molecule has 2 heterocycles. The summed E-state index contributed by atoms with van der Waals surface area (Å²) in [6, 6.07) is 0.352. The first kappa shape index (κ1) is 12.6. The third-order valence-electron chi connectivity index (χ3n) is 3.69. The van der Waals surface area contributed by atoms with Crippen LogP contribution in [0.5, 0.6) is 0 Å². The van der Waals surface area contributed by atoms with Gasteiger partial charge in [0, 0.05) is 30.5 Å². The van der Waals surface area contributed by atoms with Crippen LogP contribution < -0.4 is 5.32 Å². The lowest BCUT2D eigenvalue weighted by atomic mass is 9.86. The SMILES string of the molecule is CCOCC(C)n1cncc1C1(C)CCNC1. The van der Waals surface area contributed by atoms with E-state index in [9.17, 15) is 0 Å². The number of nitrogens with one attached hydrogen (secondary N) is 1. The van der Waals surface area contributed by atoms with Gasteiger partial charge in [0.05, 0.1) is 19.0 Å². The van der Waals surface area contributed by atoms with E-state index in [2.05, 4.69) is 28.7 Å². The second-order valence-electron chi connectivity index (χ2n) is 5.18. The number of hydrogen-bond acceptors (Lipinski definition) is 3. The van der Waals surface area contributed by atoms with E-state index in [-0.39, 0.29) is 5.41 Å². The number of aromatic nitrogens is 2. The van der Waals surface area contributed by atoms with E-state index in [4.69, 9.17) is 4.74 Å². The summed E-state index contributed by atoms with van der Waals surface area (Å²) in [6.45, 7) is 10.2. The highest BCUT2D eigenvalue weighted by Crippen LogP contribution is 2.31. The summed E-state index contributed by atoms with van der Waals surface area (Å²) < 4.78 is 7.77. The van der Waals surface area contributed by atoms with Crippen LogP contribution in [-0.4, -0.2) is 35.9 Å². The first-order chi connectivity index (χ1) is 8.17. The first-order valence-electron chi connectivity index (χ1n) is 6.48. The lowest BCUT2D eigenvalue weighted by Crippen LogP contribution is -2.29. The van der Waals surface area contributed by atoms with Crippen molar-refractivity contribution < 1.29 is 4.74 Å². The molecule has 4 heteroatoms. The Bertz CT molecular complexity index is 355. The molecule has 17 heavy (non-hydrogen) atoms. The van der Waals surface area contributed by atoms with Gasteiger partial charge in [-0.15, -0.1) is 0 Å². The average molecular weight is 237 g/mol. The molecule has 1 aliphatic rings. The van der Waals surface area contributed by atoms with Gasteiger partial charge in [-0.25, -0.2) is 4.98 Å². The molecule has 0 bridgehead atoms. The van der Waals surface area contributed by atoms with Crippen molar-refractivity contribution in [2.75, 3.05) is 26.3 Å². The minimum absolute atomic E-state index is 0.219. The highest BCUT2D eigenvalue weighted by Gasteiger charge is 2.34. The Morgan fingerprint density at radius 1 is 1.65 bits per heavy atom. The molecule has 1 aliphatic heterocycles. The topological polar surface area (TPSA) is 39.1 Å². The van der Waals surface area contributed by atoms with Gasteiger partial charge >= 0.3 is 0 Å². The highest BCUT2D eigenvalue weighted by molar-refractivity contribution is 5.18. The normalized spacial score (nSPS) is 26.3. The van der Waals surface area contributed by atoms with Gasteiger partial charge in [0.25, 0.3) is 0 Å². The number of hydrogen-bond donors (Lipinski definition) is 1. The molecule has 2 atom stereocenters. The maximum atomic E-state index is 5.51. The van der Waals surface area contributed by atoms with E-state index in [0.29, 0.717) is 6.04 Å². The zero-order valence-electron chi connectivity index (χ0n) is 11.1. The molecule has 0 aromatic carbocycles. The van der Waals surface area contributed by atoms with Crippen molar-refractivity contribution in [2.24, 2.45) is 0 Å². The summed E-state index contributed by atoms with van der Waals surface area (Å²) in [6.07, 6.45) is 5.12. The summed E-state index contributed by atoms with van der Waals surface area (Å²) in [5, 5.41) is 3.44. The van der Waals surface area contributed by atoms with E-state index in [1.807, 2.05) is 19.4 Å². The van der Waals surface area contributed by atoms with E-state index in [0.717, 1.165) is 26.3 Å². The minimum atomic E-state index is 0.219. The maximum absolute atomic E-state index is 5.51. The molecule has 1 fully saturated rings. The van der Waals surface area contributed by atoms with Crippen LogP contribution in [-0.2, 0) is 10.2 Å². The zero-order valence-corrected chi connectivity index (χ0v) is 11.1. The van der Waals surface area contributed by atoms with Gasteiger partial charge in [-0.2, -0.15) is 0 Å². The van der Waals surface area contributed by atoms with E-state index < -0.39 is 0 Å². The van der Waals surface area contributed by atoms with Gasteiger partial charge in [0.2, 0.25) is 0 Å². The fourth-order valence-electron chi connectivity index (χ4n) is 2.53. The summed E-state index contributed by atoms with van der Waals surface area (Å²) >= 11 is 0. The molecule has 0 spiro atoms. The van der Waals surface area contributed by atoms with Gasteiger partial charge in [0.1, 0.15) is 0 Å². The van der Waals surface area contributed by atoms with Crippen LogP contribution in [0.25, 0.3) is 0 Å². The zero-order chi connectivity index (χ0) is 12.3. The van der Waals surface area contributed by atoms with Crippen LogP contribution in [0.2, 0.25) is 0 Å². The standard InChI is InChI=1S/C13H23N3O/c1-4-17-8-11(2)16-10-15-7-12(16)13(3)5-6-14-9-13/h7,10-11,14H,4-6,8-9H2,1-3H3. The molecule has 0 saturated carbocycles. The quantitative estimate of drug-likeness (QED) is 0.847. The number of rotatable bonds is 5. The van der Waals surface area contributed by atoms with Crippen molar-refractivity contribution in [1.29, 1.82) is 0 Å². The number of nitrogens with zero attached hydrogens (tertiary/aromatic N) is 2. The van der Waals surface area contributed by atoms with Crippen LogP contribution in [0.4, 0.5) is 0 Å². The van der Waals surface area contributed by atoms with Crippen molar-refractivity contribution in [1.82, 2.24) is 14.9 Å². The number of imidazole rings is 1. The lowest BCUT2D eigenvalue weighted by molar-refractivity contribution is 0.117. The molecule has 2 rings (SSSR count). The second kappa shape index (κ2) is 5.19. The monoisotopic (exact) mass is 237 g/mol. The summed E-state index contributed by atoms with van der Waals surface area (Å²) in [5.41, 5.74) is 1.55. The van der Waals surface area contributed by atoms with Gasteiger partial charge < -0.3 is 14.6 Å². The molecule has 1 aromatic rings. The Kier molecular flexibility index (Phi) is 3.84. The van der Waals surface area contributed by atoms with Crippen LogP contribution in [0.1, 0.15) is 38.9 Å². The molecule has 1 saturated heterocycles. The molecule has 1 N–H and O–H groups in total. The molecule has 0 radical (unpaired) electrons. The van der Waals surface area contributed by atoms with Gasteiger partial charge in [-0.3, -0.25) is 0 Å². The molecule has 0 amide bonds. The summed E-state index contributed by atoms with van der Waals surface area (Å²) in [7, 11) is 0. The van der Waals surface area contributed by atoms with Crippen molar-refractivity contribution in [3.8, 4) is 0 Å².